The van der Waals surface area contributed by atoms with Crippen LogP contribution in [0.3, 0.4) is 0 Å². The van der Waals surface area contributed by atoms with E-state index in [1.54, 1.807) is 30.3 Å². The van der Waals surface area contributed by atoms with Crippen LogP contribution in [-0.2, 0) is 11.0 Å². The Balaban J connectivity index is 1.77. The van der Waals surface area contributed by atoms with Crippen molar-refractivity contribution in [2.45, 2.75) is 12.6 Å². The van der Waals surface area contributed by atoms with Crippen LogP contribution >= 0.6 is 23.2 Å². The van der Waals surface area contributed by atoms with Gasteiger partial charge >= 0.3 is 6.18 Å². The molecule has 2 heterocycles. The Kier molecular flexibility index (Phi) is 5.26. The molecule has 9 heteroatoms. The number of alkyl halides is 3. The number of pyridine rings is 1. The second kappa shape index (κ2) is 7.74. The number of aliphatic imine (C=N–C) groups is 1. The molecule has 0 saturated carbocycles. The molecule has 0 unspecified atom stereocenters. The summed E-state index contributed by atoms with van der Waals surface area (Å²) in [6.45, 7) is 0. The maximum absolute atomic E-state index is 13.0. The van der Waals surface area contributed by atoms with E-state index in [2.05, 4.69) is 15.3 Å². The second-order valence-corrected chi connectivity index (χ2v) is 7.39. The first-order chi connectivity index (χ1) is 14.2. The van der Waals surface area contributed by atoms with Gasteiger partial charge < -0.3 is 5.32 Å². The van der Waals surface area contributed by atoms with Crippen LogP contribution in [0.5, 0.6) is 0 Å². The highest BCUT2D eigenvalue weighted by Gasteiger charge is 2.32. The fourth-order valence-corrected chi connectivity index (χ4v) is 3.39. The molecule has 1 amide bonds. The topological polar surface area (TPSA) is 54.4 Å². The molecule has 30 heavy (non-hydrogen) atoms. The van der Waals surface area contributed by atoms with E-state index in [1.807, 2.05) is 0 Å². The fraction of sp³-hybridized carbons (Fsp3) is 0.0952. The zero-order chi connectivity index (χ0) is 21.5. The van der Waals surface area contributed by atoms with Crippen LogP contribution < -0.4 is 5.32 Å². The Labute approximate surface area is 179 Å². The summed E-state index contributed by atoms with van der Waals surface area (Å²) in [4.78, 5) is 20.3. The summed E-state index contributed by atoms with van der Waals surface area (Å²) in [5, 5.41) is 3.31. The normalized spacial score (nSPS) is 13.9. The van der Waals surface area contributed by atoms with Crippen molar-refractivity contribution >= 4 is 46.2 Å². The summed E-state index contributed by atoms with van der Waals surface area (Å²) >= 11 is 12.1. The molecule has 152 valence electrons. The first-order valence-corrected chi connectivity index (χ1v) is 9.47. The standard InChI is InChI=1S/C21H12Cl2F3N3O/c22-14-8-17-18(9-15(14)23)29-20(30)10-16(28-17)13-3-1-2-11(6-13)12-4-5-27-19(7-12)21(24,25)26/h1-9H,10H2,(H,29,30). The lowest BCUT2D eigenvalue weighted by molar-refractivity contribution is -0.141. The van der Waals surface area contributed by atoms with E-state index >= 15 is 0 Å². The maximum atomic E-state index is 13.0. The maximum Gasteiger partial charge on any atom is 0.433 e. The van der Waals surface area contributed by atoms with E-state index in [0.717, 1.165) is 12.3 Å². The van der Waals surface area contributed by atoms with E-state index in [1.165, 1.54) is 12.1 Å². The average Bonchev–Trinajstić information content (AvgIpc) is 2.86. The van der Waals surface area contributed by atoms with Gasteiger partial charge in [0, 0.05) is 6.20 Å². The predicted molar refractivity (Wildman–Crippen MR) is 111 cm³/mol. The number of carbonyl (C=O) groups excluding carboxylic acids is 1. The Morgan fingerprint density at radius 1 is 0.933 bits per heavy atom. The highest BCUT2D eigenvalue weighted by atomic mass is 35.5. The number of anilines is 1. The molecule has 0 spiro atoms. The zero-order valence-electron chi connectivity index (χ0n) is 15.1. The third-order valence-corrected chi connectivity index (χ3v) is 5.20. The average molecular weight is 450 g/mol. The van der Waals surface area contributed by atoms with Gasteiger partial charge in [-0.05, 0) is 47.0 Å². The number of fused-ring (bicyclic) bond motifs is 1. The third kappa shape index (κ3) is 4.17. The Morgan fingerprint density at radius 2 is 1.63 bits per heavy atom. The highest BCUT2D eigenvalue weighted by Crippen LogP contribution is 2.37. The molecule has 0 radical (unpaired) electrons. The molecule has 0 saturated heterocycles. The number of hydrogen-bond donors (Lipinski definition) is 1. The van der Waals surface area contributed by atoms with E-state index in [4.69, 9.17) is 23.2 Å². The molecule has 0 aliphatic carbocycles. The zero-order valence-corrected chi connectivity index (χ0v) is 16.6. The SMILES string of the molecule is O=C1CC(c2cccc(-c3ccnc(C(F)(F)F)c3)c2)=Nc2cc(Cl)c(Cl)cc2N1. The summed E-state index contributed by atoms with van der Waals surface area (Å²) in [7, 11) is 0. The number of nitrogens with zero attached hydrogens (tertiary/aromatic N) is 2. The van der Waals surface area contributed by atoms with Gasteiger partial charge in [0.1, 0.15) is 5.69 Å². The Hall–Kier alpha value is -2.90. The summed E-state index contributed by atoms with van der Waals surface area (Å²) in [6.07, 6.45) is -3.44. The Bertz CT molecular complexity index is 1190. The van der Waals surface area contributed by atoms with Crippen molar-refractivity contribution in [1.29, 1.82) is 0 Å². The van der Waals surface area contributed by atoms with Crippen molar-refractivity contribution in [3.8, 4) is 11.1 Å². The van der Waals surface area contributed by atoms with Crippen molar-refractivity contribution in [2.75, 3.05) is 5.32 Å². The first-order valence-electron chi connectivity index (χ1n) is 8.71. The molecular formula is C21H12Cl2F3N3O. The smallest absolute Gasteiger partial charge is 0.324 e. The number of aromatic nitrogens is 1. The lowest BCUT2D eigenvalue weighted by Gasteiger charge is -2.10. The lowest BCUT2D eigenvalue weighted by Crippen LogP contribution is -2.15. The van der Waals surface area contributed by atoms with Crippen LogP contribution in [-0.4, -0.2) is 16.6 Å². The monoisotopic (exact) mass is 449 g/mol. The molecule has 4 rings (SSSR count). The van der Waals surface area contributed by atoms with E-state index in [9.17, 15) is 18.0 Å². The highest BCUT2D eigenvalue weighted by molar-refractivity contribution is 6.42. The van der Waals surface area contributed by atoms with Crippen molar-refractivity contribution in [3.05, 3.63) is 76.0 Å². The molecular weight excluding hydrogens is 438 g/mol. The number of hydrogen-bond acceptors (Lipinski definition) is 3. The van der Waals surface area contributed by atoms with Crippen LogP contribution in [0.25, 0.3) is 11.1 Å². The van der Waals surface area contributed by atoms with Crippen LogP contribution in [0.15, 0.2) is 59.7 Å². The number of rotatable bonds is 2. The quantitative estimate of drug-likeness (QED) is 0.482. The minimum atomic E-state index is -4.54. The van der Waals surface area contributed by atoms with Gasteiger partial charge in [0.15, 0.2) is 0 Å². The molecule has 3 aromatic rings. The molecule has 0 fully saturated rings. The summed E-state index contributed by atoms with van der Waals surface area (Å²) in [5.74, 6) is -0.292. The van der Waals surface area contributed by atoms with Gasteiger partial charge in [-0.25, -0.2) is 0 Å². The van der Waals surface area contributed by atoms with E-state index < -0.39 is 11.9 Å². The van der Waals surface area contributed by atoms with Gasteiger partial charge in [0.2, 0.25) is 5.91 Å². The molecule has 1 aliphatic heterocycles. The number of amides is 1. The molecule has 2 aromatic carbocycles. The van der Waals surface area contributed by atoms with Gasteiger partial charge in [-0.1, -0.05) is 41.4 Å². The number of halogens is 5. The number of carbonyl (C=O) groups is 1. The first kappa shape index (κ1) is 20.4. The van der Waals surface area contributed by atoms with Gasteiger partial charge in [-0.2, -0.15) is 13.2 Å². The van der Waals surface area contributed by atoms with E-state index in [0.29, 0.717) is 38.8 Å². The number of benzene rings is 2. The molecule has 1 N–H and O–H groups in total. The molecule has 0 atom stereocenters. The minimum Gasteiger partial charge on any atom is -0.324 e. The molecule has 1 aromatic heterocycles. The summed E-state index contributed by atoms with van der Waals surface area (Å²) in [5.41, 5.74) is 1.86. The van der Waals surface area contributed by atoms with Gasteiger partial charge in [-0.3, -0.25) is 14.8 Å². The largest absolute Gasteiger partial charge is 0.433 e. The third-order valence-electron chi connectivity index (χ3n) is 4.48. The van der Waals surface area contributed by atoms with Crippen molar-refractivity contribution in [2.24, 2.45) is 4.99 Å². The Morgan fingerprint density at radius 3 is 2.40 bits per heavy atom. The second-order valence-electron chi connectivity index (χ2n) is 6.58. The van der Waals surface area contributed by atoms with Crippen molar-refractivity contribution in [3.63, 3.8) is 0 Å². The van der Waals surface area contributed by atoms with Gasteiger partial charge in [-0.15, -0.1) is 0 Å². The lowest BCUT2D eigenvalue weighted by atomic mass is 9.99. The van der Waals surface area contributed by atoms with Crippen LogP contribution in [0.2, 0.25) is 10.0 Å². The molecule has 0 bridgehead atoms. The minimum absolute atomic E-state index is 0.0164. The van der Waals surface area contributed by atoms with Crippen LogP contribution in [0, 0.1) is 0 Å². The number of nitrogens with one attached hydrogen (secondary N) is 1. The van der Waals surface area contributed by atoms with Crippen molar-refractivity contribution in [1.82, 2.24) is 4.98 Å². The van der Waals surface area contributed by atoms with Gasteiger partial charge in [0.05, 0.1) is 33.6 Å². The van der Waals surface area contributed by atoms with Crippen LogP contribution in [0.1, 0.15) is 17.7 Å². The molecule has 4 nitrogen and oxygen atoms in total. The van der Waals surface area contributed by atoms with Crippen LogP contribution in [0.4, 0.5) is 24.5 Å². The summed E-state index contributed by atoms with van der Waals surface area (Å²) in [6, 6.07) is 12.3. The fourth-order valence-electron chi connectivity index (χ4n) is 3.07. The predicted octanol–water partition coefficient (Wildman–Crippen LogP) is 6.54. The molecule has 1 aliphatic rings. The van der Waals surface area contributed by atoms with Crippen molar-refractivity contribution < 1.29 is 18.0 Å². The van der Waals surface area contributed by atoms with E-state index in [-0.39, 0.29) is 17.4 Å². The van der Waals surface area contributed by atoms with Gasteiger partial charge in [0.25, 0.3) is 0 Å². The summed E-state index contributed by atoms with van der Waals surface area (Å²) < 4.78 is 39.0.